The monoisotopic (exact) mass is 299 g/mol. The number of benzene rings is 1. The third-order valence-corrected chi connectivity index (χ3v) is 5.99. The highest BCUT2D eigenvalue weighted by molar-refractivity contribution is 7.09. The van der Waals surface area contributed by atoms with Crippen LogP contribution in [0.5, 0.6) is 0 Å². The van der Waals surface area contributed by atoms with Gasteiger partial charge in [-0.05, 0) is 43.3 Å². The van der Waals surface area contributed by atoms with E-state index in [1.54, 1.807) is 0 Å². The van der Waals surface area contributed by atoms with Crippen LogP contribution in [0.4, 0.5) is 0 Å². The zero-order valence-corrected chi connectivity index (χ0v) is 13.7. The highest BCUT2D eigenvalue weighted by atomic mass is 32.1. The van der Waals surface area contributed by atoms with E-state index in [4.69, 9.17) is 0 Å². The van der Waals surface area contributed by atoms with Crippen molar-refractivity contribution in [2.24, 2.45) is 0 Å². The van der Waals surface area contributed by atoms with Crippen LogP contribution < -0.4 is 5.32 Å². The standard InChI is InChI=1S/C19H25NS/c1-20-18(15-17-11-8-14-21-17)19(12-6-3-7-13-19)16-9-4-2-5-10-16/h2,4-5,8-11,14,18,20H,3,6-7,12-13,15H2,1H3. The highest BCUT2D eigenvalue weighted by Gasteiger charge is 2.40. The predicted molar refractivity (Wildman–Crippen MR) is 92.1 cm³/mol. The lowest BCUT2D eigenvalue weighted by Crippen LogP contribution is -2.49. The van der Waals surface area contributed by atoms with Crippen molar-refractivity contribution < 1.29 is 0 Å². The number of thiophene rings is 1. The lowest BCUT2D eigenvalue weighted by atomic mass is 9.64. The van der Waals surface area contributed by atoms with Crippen molar-refractivity contribution in [2.45, 2.75) is 50.0 Å². The molecule has 2 heteroatoms. The van der Waals surface area contributed by atoms with Crippen molar-refractivity contribution >= 4 is 11.3 Å². The Bertz CT molecular complexity index is 526. The molecule has 0 amide bonds. The predicted octanol–water partition coefficient (Wildman–Crippen LogP) is 4.78. The van der Waals surface area contributed by atoms with Gasteiger partial charge in [0.05, 0.1) is 0 Å². The van der Waals surface area contributed by atoms with Gasteiger partial charge in [-0.25, -0.2) is 0 Å². The van der Waals surface area contributed by atoms with Crippen molar-refractivity contribution in [3.05, 3.63) is 58.3 Å². The Morgan fingerprint density at radius 3 is 2.43 bits per heavy atom. The Morgan fingerprint density at radius 1 is 1.05 bits per heavy atom. The second-order valence-electron chi connectivity index (χ2n) is 6.21. The molecule has 3 rings (SSSR count). The van der Waals surface area contributed by atoms with Crippen LogP contribution in [0.2, 0.25) is 0 Å². The van der Waals surface area contributed by atoms with Crippen LogP contribution >= 0.6 is 11.3 Å². The molecule has 1 heterocycles. The van der Waals surface area contributed by atoms with E-state index < -0.39 is 0 Å². The van der Waals surface area contributed by atoms with Gasteiger partial charge in [-0.15, -0.1) is 11.3 Å². The summed E-state index contributed by atoms with van der Waals surface area (Å²) in [7, 11) is 2.14. The molecule has 1 aliphatic rings. The van der Waals surface area contributed by atoms with Crippen molar-refractivity contribution in [3.63, 3.8) is 0 Å². The zero-order valence-electron chi connectivity index (χ0n) is 12.8. The SMILES string of the molecule is CNC(Cc1cccs1)C1(c2ccccc2)CCCCC1. The van der Waals surface area contributed by atoms with Gasteiger partial charge in [0, 0.05) is 16.3 Å². The third kappa shape index (κ3) is 3.07. The summed E-state index contributed by atoms with van der Waals surface area (Å²) in [6.07, 6.45) is 7.88. The summed E-state index contributed by atoms with van der Waals surface area (Å²) in [5, 5.41) is 5.85. The molecule has 1 saturated carbocycles. The third-order valence-electron chi connectivity index (χ3n) is 5.10. The average molecular weight is 299 g/mol. The van der Waals surface area contributed by atoms with Crippen molar-refractivity contribution in [1.29, 1.82) is 0 Å². The smallest absolute Gasteiger partial charge is 0.0209 e. The van der Waals surface area contributed by atoms with Gasteiger partial charge in [-0.1, -0.05) is 55.7 Å². The summed E-state index contributed by atoms with van der Waals surface area (Å²) in [6, 6.07) is 16.2. The van der Waals surface area contributed by atoms with Gasteiger partial charge in [0.25, 0.3) is 0 Å². The van der Waals surface area contributed by atoms with Crippen LogP contribution in [-0.2, 0) is 11.8 Å². The maximum atomic E-state index is 3.66. The van der Waals surface area contributed by atoms with Crippen LogP contribution in [0.15, 0.2) is 47.8 Å². The molecule has 1 N–H and O–H groups in total. The summed E-state index contributed by atoms with van der Waals surface area (Å²) in [5.74, 6) is 0. The van der Waals surface area contributed by atoms with E-state index in [2.05, 4.69) is 60.2 Å². The van der Waals surface area contributed by atoms with E-state index >= 15 is 0 Å². The Kier molecular flexibility index (Phi) is 4.77. The maximum Gasteiger partial charge on any atom is 0.0209 e. The molecule has 1 nitrogen and oxygen atoms in total. The molecule has 0 bridgehead atoms. The minimum absolute atomic E-state index is 0.304. The van der Waals surface area contributed by atoms with Gasteiger partial charge in [-0.3, -0.25) is 0 Å². The molecular weight excluding hydrogens is 274 g/mol. The largest absolute Gasteiger partial charge is 0.316 e. The fourth-order valence-electron chi connectivity index (χ4n) is 3.99. The molecule has 1 aromatic heterocycles. The van der Waals surface area contributed by atoms with E-state index in [-0.39, 0.29) is 0 Å². The molecule has 0 aliphatic heterocycles. The molecular formula is C19H25NS. The van der Waals surface area contributed by atoms with Crippen LogP contribution in [0.3, 0.4) is 0 Å². The Balaban J connectivity index is 1.93. The molecule has 0 radical (unpaired) electrons. The Morgan fingerprint density at radius 2 is 1.81 bits per heavy atom. The van der Waals surface area contributed by atoms with E-state index in [0.717, 1.165) is 6.42 Å². The molecule has 1 atom stereocenters. The molecule has 0 saturated heterocycles. The van der Waals surface area contributed by atoms with Gasteiger partial charge in [0.2, 0.25) is 0 Å². The van der Waals surface area contributed by atoms with Crippen LogP contribution in [0.25, 0.3) is 0 Å². The number of likely N-dealkylation sites (N-methyl/N-ethyl adjacent to an activating group) is 1. The number of hydrogen-bond acceptors (Lipinski definition) is 2. The van der Waals surface area contributed by atoms with E-state index in [0.29, 0.717) is 11.5 Å². The number of hydrogen-bond donors (Lipinski definition) is 1. The maximum absolute atomic E-state index is 3.66. The first-order valence-corrected chi connectivity index (χ1v) is 8.98. The van der Waals surface area contributed by atoms with Gasteiger partial charge in [-0.2, -0.15) is 0 Å². The normalized spacial score (nSPS) is 19.3. The fraction of sp³-hybridized carbons (Fsp3) is 0.474. The van der Waals surface area contributed by atoms with Crippen molar-refractivity contribution in [3.8, 4) is 0 Å². The molecule has 1 unspecified atom stereocenters. The van der Waals surface area contributed by atoms with Crippen LogP contribution in [0.1, 0.15) is 42.5 Å². The Hall–Kier alpha value is -1.12. The summed E-state index contributed by atoms with van der Waals surface area (Å²) < 4.78 is 0. The summed E-state index contributed by atoms with van der Waals surface area (Å²) in [4.78, 5) is 1.50. The quantitative estimate of drug-likeness (QED) is 0.837. The lowest BCUT2D eigenvalue weighted by molar-refractivity contribution is 0.219. The van der Waals surface area contributed by atoms with Crippen LogP contribution in [0, 0.1) is 0 Å². The second kappa shape index (κ2) is 6.76. The number of rotatable bonds is 5. The minimum atomic E-state index is 0.304. The molecule has 0 spiro atoms. The molecule has 21 heavy (non-hydrogen) atoms. The Labute approximate surface area is 132 Å². The first-order chi connectivity index (χ1) is 10.3. The van der Waals surface area contributed by atoms with Gasteiger partial charge < -0.3 is 5.32 Å². The topological polar surface area (TPSA) is 12.0 Å². The minimum Gasteiger partial charge on any atom is -0.316 e. The molecule has 112 valence electrons. The van der Waals surface area contributed by atoms with Gasteiger partial charge >= 0.3 is 0 Å². The van der Waals surface area contributed by atoms with Crippen LogP contribution in [-0.4, -0.2) is 13.1 Å². The van der Waals surface area contributed by atoms with Crippen molar-refractivity contribution in [2.75, 3.05) is 7.05 Å². The van der Waals surface area contributed by atoms with E-state index in [1.165, 1.54) is 42.5 Å². The summed E-state index contributed by atoms with van der Waals surface area (Å²) >= 11 is 1.88. The molecule has 2 aromatic rings. The first-order valence-electron chi connectivity index (χ1n) is 8.10. The van der Waals surface area contributed by atoms with E-state index in [1.807, 2.05) is 11.3 Å². The summed E-state index contributed by atoms with van der Waals surface area (Å²) in [6.45, 7) is 0. The first kappa shape index (κ1) is 14.8. The van der Waals surface area contributed by atoms with Gasteiger partial charge in [0.1, 0.15) is 0 Å². The molecule has 1 fully saturated rings. The van der Waals surface area contributed by atoms with Gasteiger partial charge in [0.15, 0.2) is 0 Å². The van der Waals surface area contributed by atoms with Crippen molar-refractivity contribution in [1.82, 2.24) is 5.32 Å². The molecule has 1 aliphatic carbocycles. The highest BCUT2D eigenvalue weighted by Crippen LogP contribution is 2.43. The second-order valence-corrected chi connectivity index (χ2v) is 7.24. The average Bonchev–Trinajstić information content (AvgIpc) is 3.07. The van der Waals surface area contributed by atoms with E-state index in [9.17, 15) is 0 Å². The molecule has 1 aromatic carbocycles. The lowest BCUT2D eigenvalue weighted by Gasteiger charge is -2.44. The fourth-order valence-corrected chi connectivity index (χ4v) is 4.75. The number of nitrogens with one attached hydrogen (secondary N) is 1. The zero-order chi connectivity index (χ0) is 14.5. The summed E-state index contributed by atoms with van der Waals surface area (Å²) in [5.41, 5.74) is 1.83.